The van der Waals surface area contributed by atoms with Gasteiger partial charge in [0.15, 0.2) is 0 Å². The molecule has 4 nitrogen and oxygen atoms in total. The highest BCUT2D eigenvalue weighted by Gasteiger charge is 2.37. The summed E-state index contributed by atoms with van der Waals surface area (Å²) in [6, 6.07) is 10.4. The summed E-state index contributed by atoms with van der Waals surface area (Å²) in [4.78, 5) is 17.4. The average Bonchev–Trinajstić information content (AvgIpc) is 3.09. The van der Waals surface area contributed by atoms with Gasteiger partial charge in [0.25, 0.3) is 0 Å². The molecule has 0 aromatic heterocycles. The molecule has 0 spiro atoms. The molecule has 1 aromatic carbocycles. The first-order valence-electron chi connectivity index (χ1n) is 8.47. The lowest BCUT2D eigenvalue weighted by Crippen LogP contribution is -2.54. The molecule has 0 radical (unpaired) electrons. The standard InChI is InChI=1S/C18H27N3O/c1-18(19,15-7-3-2-4-8-15)17(22)21-13-9-16(10-14-21)20-11-5-6-12-20/h2-4,7-8,16H,5-6,9-14,19H2,1H3. The molecule has 0 aliphatic carbocycles. The molecule has 2 heterocycles. The van der Waals surface area contributed by atoms with Crippen LogP contribution in [0.15, 0.2) is 30.3 Å². The van der Waals surface area contributed by atoms with Gasteiger partial charge in [0, 0.05) is 19.1 Å². The Morgan fingerprint density at radius 2 is 1.68 bits per heavy atom. The molecule has 1 aromatic rings. The van der Waals surface area contributed by atoms with Crippen molar-refractivity contribution in [3.63, 3.8) is 0 Å². The van der Waals surface area contributed by atoms with Gasteiger partial charge in [-0.15, -0.1) is 0 Å². The summed E-state index contributed by atoms with van der Waals surface area (Å²) >= 11 is 0. The molecular weight excluding hydrogens is 274 g/mol. The van der Waals surface area contributed by atoms with E-state index < -0.39 is 5.54 Å². The number of piperidine rings is 1. The van der Waals surface area contributed by atoms with Crippen molar-refractivity contribution in [3.05, 3.63) is 35.9 Å². The number of hydrogen-bond donors (Lipinski definition) is 1. The molecule has 1 amide bonds. The molecule has 0 saturated carbocycles. The fourth-order valence-corrected chi connectivity index (χ4v) is 3.78. The second-order valence-corrected chi connectivity index (χ2v) is 6.83. The minimum absolute atomic E-state index is 0.0542. The summed E-state index contributed by atoms with van der Waals surface area (Å²) in [5, 5.41) is 0. The van der Waals surface area contributed by atoms with Gasteiger partial charge in [-0.3, -0.25) is 4.79 Å². The van der Waals surface area contributed by atoms with Crippen molar-refractivity contribution in [1.82, 2.24) is 9.80 Å². The highest BCUT2D eigenvalue weighted by atomic mass is 16.2. The van der Waals surface area contributed by atoms with Gasteiger partial charge in [0.2, 0.25) is 5.91 Å². The number of carbonyl (C=O) groups is 1. The Labute approximate surface area is 133 Å². The van der Waals surface area contributed by atoms with Gasteiger partial charge in [0.05, 0.1) is 0 Å². The van der Waals surface area contributed by atoms with Gasteiger partial charge < -0.3 is 15.5 Å². The first-order valence-corrected chi connectivity index (χ1v) is 8.47. The predicted molar refractivity (Wildman–Crippen MR) is 88.4 cm³/mol. The number of rotatable bonds is 3. The van der Waals surface area contributed by atoms with Crippen molar-refractivity contribution in [3.8, 4) is 0 Å². The summed E-state index contributed by atoms with van der Waals surface area (Å²) < 4.78 is 0. The molecule has 2 N–H and O–H groups in total. The van der Waals surface area contributed by atoms with Crippen LogP contribution in [0.5, 0.6) is 0 Å². The van der Waals surface area contributed by atoms with E-state index in [1.165, 1.54) is 25.9 Å². The smallest absolute Gasteiger partial charge is 0.246 e. The minimum Gasteiger partial charge on any atom is -0.341 e. The van der Waals surface area contributed by atoms with Crippen LogP contribution in [0.1, 0.15) is 38.2 Å². The van der Waals surface area contributed by atoms with E-state index >= 15 is 0 Å². The second-order valence-electron chi connectivity index (χ2n) is 6.83. The fraction of sp³-hybridized carbons (Fsp3) is 0.611. The highest BCUT2D eigenvalue weighted by molar-refractivity contribution is 5.87. The maximum absolute atomic E-state index is 12.8. The summed E-state index contributed by atoms with van der Waals surface area (Å²) in [6.07, 6.45) is 4.81. The fourth-order valence-electron chi connectivity index (χ4n) is 3.78. The van der Waals surface area contributed by atoms with Gasteiger partial charge in [-0.1, -0.05) is 30.3 Å². The number of carbonyl (C=O) groups excluding carboxylic acids is 1. The Balaban J connectivity index is 1.62. The van der Waals surface area contributed by atoms with Gasteiger partial charge in [-0.25, -0.2) is 0 Å². The largest absolute Gasteiger partial charge is 0.341 e. The molecule has 2 saturated heterocycles. The summed E-state index contributed by atoms with van der Waals surface area (Å²) in [7, 11) is 0. The Morgan fingerprint density at radius 3 is 2.27 bits per heavy atom. The van der Waals surface area contributed by atoms with Gasteiger partial charge >= 0.3 is 0 Å². The van der Waals surface area contributed by atoms with Crippen LogP contribution in [-0.2, 0) is 10.3 Å². The zero-order valence-corrected chi connectivity index (χ0v) is 13.5. The summed E-state index contributed by atoms with van der Waals surface area (Å²) in [5.74, 6) is 0.0542. The van der Waals surface area contributed by atoms with E-state index in [1.54, 1.807) is 0 Å². The number of amides is 1. The lowest BCUT2D eigenvalue weighted by molar-refractivity contribution is -0.138. The van der Waals surface area contributed by atoms with E-state index in [1.807, 2.05) is 42.2 Å². The van der Waals surface area contributed by atoms with E-state index in [0.29, 0.717) is 6.04 Å². The zero-order chi connectivity index (χ0) is 15.6. The Kier molecular flexibility index (Phi) is 4.50. The molecule has 2 fully saturated rings. The van der Waals surface area contributed by atoms with Crippen molar-refractivity contribution in [2.45, 2.75) is 44.2 Å². The van der Waals surface area contributed by atoms with Crippen LogP contribution in [0.25, 0.3) is 0 Å². The van der Waals surface area contributed by atoms with Gasteiger partial charge in [-0.2, -0.15) is 0 Å². The average molecular weight is 301 g/mol. The van der Waals surface area contributed by atoms with Gasteiger partial charge in [-0.05, 0) is 51.3 Å². The van der Waals surface area contributed by atoms with Crippen molar-refractivity contribution in [1.29, 1.82) is 0 Å². The number of likely N-dealkylation sites (tertiary alicyclic amines) is 2. The second kappa shape index (κ2) is 6.39. The van der Waals surface area contributed by atoms with Crippen molar-refractivity contribution in [2.75, 3.05) is 26.2 Å². The third-order valence-electron chi connectivity index (χ3n) is 5.23. The summed E-state index contributed by atoms with van der Waals surface area (Å²) in [5.41, 5.74) is 6.33. The van der Waals surface area contributed by atoms with Crippen LogP contribution in [0.3, 0.4) is 0 Å². The van der Waals surface area contributed by atoms with Crippen molar-refractivity contribution >= 4 is 5.91 Å². The molecule has 3 rings (SSSR count). The minimum atomic E-state index is -0.929. The van der Waals surface area contributed by atoms with Crippen molar-refractivity contribution < 1.29 is 4.79 Å². The lowest BCUT2D eigenvalue weighted by Gasteiger charge is -2.39. The maximum Gasteiger partial charge on any atom is 0.246 e. The van der Waals surface area contributed by atoms with E-state index in [2.05, 4.69) is 4.90 Å². The van der Waals surface area contributed by atoms with E-state index in [0.717, 1.165) is 31.5 Å². The number of nitrogens with zero attached hydrogens (tertiary/aromatic N) is 2. The molecule has 1 atom stereocenters. The third kappa shape index (κ3) is 3.03. The van der Waals surface area contributed by atoms with Crippen molar-refractivity contribution in [2.24, 2.45) is 5.73 Å². The Morgan fingerprint density at radius 1 is 1.09 bits per heavy atom. The quantitative estimate of drug-likeness (QED) is 0.928. The van der Waals surface area contributed by atoms with Crippen LogP contribution in [0, 0.1) is 0 Å². The molecule has 22 heavy (non-hydrogen) atoms. The number of nitrogens with two attached hydrogens (primary N) is 1. The van der Waals surface area contributed by atoms with Crippen LogP contribution in [0.4, 0.5) is 0 Å². The molecule has 1 unspecified atom stereocenters. The molecule has 120 valence electrons. The van der Waals surface area contributed by atoms with Crippen LogP contribution in [0.2, 0.25) is 0 Å². The number of hydrogen-bond acceptors (Lipinski definition) is 3. The predicted octanol–water partition coefficient (Wildman–Crippen LogP) is 1.95. The first-order chi connectivity index (χ1) is 10.6. The Bertz CT molecular complexity index is 500. The van der Waals surface area contributed by atoms with Crippen LogP contribution in [-0.4, -0.2) is 47.9 Å². The monoisotopic (exact) mass is 301 g/mol. The normalized spacial score (nSPS) is 23.5. The SMILES string of the molecule is CC(N)(C(=O)N1CCC(N2CCCC2)CC1)c1ccccc1. The third-order valence-corrected chi connectivity index (χ3v) is 5.23. The zero-order valence-electron chi connectivity index (χ0n) is 13.5. The molecule has 4 heteroatoms. The van der Waals surface area contributed by atoms with Gasteiger partial charge in [0.1, 0.15) is 5.54 Å². The number of benzene rings is 1. The highest BCUT2D eigenvalue weighted by Crippen LogP contribution is 2.25. The lowest BCUT2D eigenvalue weighted by atomic mass is 9.90. The maximum atomic E-state index is 12.8. The molecule has 2 aliphatic heterocycles. The van der Waals surface area contributed by atoms with Crippen LogP contribution >= 0.6 is 0 Å². The Hall–Kier alpha value is -1.39. The molecule has 0 bridgehead atoms. The van der Waals surface area contributed by atoms with E-state index in [-0.39, 0.29) is 5.91 Å². The molecule has 2 aliphatic rings. The van der Waals surface area contributed by atoms with Crippen LogP contribution < -0.4 is 5.73 Å². The van der Waals surface area contributed by atoms with E-state index in [9.17, 15) is 4.79 Å². The summed E-state index contributed by atoms with van der Waals surface area (Å²) in [6.45, 7) is 5.96. The van der Waals surface area contributed by atoms with E-state index in [4.69, 9.17) is 5.73 Å². The molecular formula is C18H27N3O. The topological polar surface area (TPSA) is 49.6 Å². The first kappa shape index (κ1) is 15.5.